The van der Waals surface area contributed by atoms with E-state index in [0.29, 0.717) is 37.0 Å². The number of oxime groups is 1. The minimum absolute atomic E-state index is 0.0739. The first kappa shape index (κ1) is 53.0. The maximum absolute atomic E-state index is 14.4. The molecule has 76 heavy (non-hydrogen) atoms. The zero-order chi connectivity index (χ0) is 51.8. The van der Waals surface area contributed by atoms with Crippen molar-refractivity contribution < 1.29 is 9.63 Å². The van der Waals surface area contributed by atoms with Gasteiger partial charge in [-0.1, -0.05) is 230 Å². The molecule has 0 spiro atoms. The number of nitrogens with one attached hydrogen (secondary N) is 1. The molecule has 6 nitrogen and oxygen atoms in total. The molecule has 10 rings (SSSR count). The molecule has 8 aromatic carbocycles. The van der Waals surface area contributed by atoms with Crippen LogP contribution in [0.4, 0.5) is 0 Å². The Morgan fingerprint density at radius 2 is 1.11 bits per heavy atom. The summed E-state index contributed by atoms with van der Waals surface area (Å²) in [7, 11) is 1.63. The maximum atomic E-state index is 14.4. The highest BCUT2D eigenvalue weighted by atomic mass is 32.2. The standard InChI is InChI=1S/C68H72N4O2S2/c1-74-70-43-22-38-63-64(55-40-39-53-24-20-21-25-54(53)50-55)51-62-41-42-65(63)72(62)46-23-45-71(47-49-76-68(59-32-14-5-15-33-59,60-34-16-6-17-35-60)61-36-18-7-19-37-61)52-66(73)69-44-48-75-67(56-26-8-2-9-27-56,57-28-10-3-11-29-57)58-30-12-4-13-31-58/h2-21,24-37,39-40,43,50,62-65H,22-23,38,41-42,44-49,51-52H2,1H3,(H,69,73). The number of fused-ring (bicyclic) bond motifs is 3. The van der Waals surface area contributed by atoms with Crippen molar-refractivity contribution in [3.63, 3.8) is 0 Å². The van der Waals surface area contributed by atoms with E-state index in [1.807, 2.05) is 29.7 Å². The number of amides is 1. The van der Waals surface area contributed by atoms with Crippen LogP contribution in [0.25, 0.3) is 10.8 Å². The average Bonchev–Trinajstić information content (AvgIpc) is 3.79. The maximum Gasteiger partial charge on any atom is 0.234 e. The smallest absolute Gasteiger partial charge is 0.234 e. The van der Waals surface area contributed by atoms with Gasteiger partial charge in [0, 0.05) is 42.9 Å². The van der Waals surface area contributed by atoms with Crippen molar-refractivity contribution in [2.24, 2.45) is 11.1 Å². The molecule has 8 aromatic rings. The zero-order valence-electron chi connectivity index (χ0n) is 43.9. The van der Waals surface area contributed by atoms with Gasteiger partial charge in [0.1, 0.15) is 7.11 Å². The van der Waals surface area contributed by atoms with Crippen molar-refractivity contribution in [2.45, 2.75) is 66.0 Å². The molecule has 2 bridgehead atoms. The topological polar surface area (TPSA) is 57.2 Å². The lowest BCUT2D eigenvalue weighted by Gasteiger charge is -2.45. The highest BCUT2D eigenvalue weighted by Gasteiger charge is 2.47. The molecule has 0 aromatic heterocycles. The average molecular weight is 1040 g/mol. The van der Waals surface area contributed by atoms with E-state index in [2.05, 4.69) is 245 Å². The lowest BCUT2D eigenvalue weighted by Crippen LogP contribution is -2.49. The first-order valence-corrected chi connectivity index (χ1v) is 29.4. The Bertz CT molecular complexity index is 2860. The fraction of sp³-hybridized carbons (Fsp3) is 0.294. The van der Waals surface area contributed by atoms with E-state index in [4.69, 9.17) is 4.84 Å². The van der Waals surface area contributed by atoms with Gasteiger partial charge in [-0.3, -0.25) is 14.6 Å². The van der Waals surface area contributed by atoms with Gasteiger partial charge in [0.2, 0.25) is 5.91 Å². The first-order chi connectivity index (χ1) is 37.6. The molecule has 2 saturated heterocycles. The van der Waals surface area contributed by atoms with Gasteiger partial charge in [-0.2, -0.15) is 0 Å². The zero-order valence-corrected chi connectivity index (χ0v) is 45.5. The molecule has 0 radical (unpaired) electrons. The van der Waals surface area contributed by atoms with Gasteiger partial charge in [0.25, 0.3) is 0 Å². The lowest BCUT2D eigenvalue weighted by atomic mass is 9.73. The molecule has 0 aliphatic carbocycles. The fourth-order valence-electron chi connectivity index (χ4n) is 12.6. The van der Waals surface area contributed by atoms with E-state index >= 15 is 0 Å². The van der Waals surface area contributed by atoms with Crippen LogP contribution in [0.5, 0.6) is 0 Å². The Morgan fingerprint density at radius 1 is 0.618 bits per heavy atom. The van der Waals surface area contributed by atoms with Gasteiger partial charge in [0.15, 0.2) is 0 Å². The SMILES string of the molecule is CON=CCCC1C(c2ccc3ccccc3c2)CC2CCC1N2CCCN(CCSC(c1ccccc1)(c1ccccc1)c1ccccc1)CC(=O)NCCSC(c1ccccc1)(c1ccccc1)c1ccccc1. The van der Waals surface area contributed by atoms with Gasteiger partial charge in [-0.25, -0.2) is 0 Å². The summed E-state index contributed by atoms with van der Waals surface area (Å²) in [4.78, 5) is 24.8. The molecular weight excluding hydrogens is 969 g/mol. The summed E-state index contributed by atoms with van der Waals surface area (Å²) in [6.07, 6.45) is 8.56. The third-order valence-corrected chi connectivity index (χ3v) is 19.1. The van der Waals surface area contributed by atoms with Gasteiger partial charge < -0.3 is 10.2 Å². The molecular formula is C68H72N4O2S2. The molecule has 1 amide bonds. The summed E-state index contributed by atoms with van der Waals surface area (Å²) in [6.45, 7) is 3.54. The molecule has 8 heteroatoms. The summed E-state index contributed by atoms with van der Waals surface area (Å²) < 4.78 is -0.879. The normalized spacial score (nSPS) is 17.8. The molecule has 2 fully saturated rings. The van der Waals surface area contributed by atoms with Crippen LogP contribution in [0.15, 0.2) is 230 Å². The number of hydrogen-bond donors (Lipinski definition) is 1. The fourth-order valence-corrected chi connectivity index (χ4v) is 15.6. The number of nitrogens with zero attached hydrogens (tertiary/aromatic N) is 3. The molecule has 388 valence electrons. The summed E-state index contributed by atoms with van der Waals surface area (Å²) in [5, 5.41) is 10.2. The molecule has 2 heterocycles. The predicted molar refractivity (Wildman–Crippen MR) is 320 cm³/mol. The van der Waals surface area contributed by atoms with Crippen molar-refractivity contribution in [2.75, 3.05) is 51.3 Å². The van der Waals surface area contributed by atoms with E-state index in [1.54, 1.807) is 7.11 Å². The number of rotatable bonds is 25. The summed E-state index contributed by atoms with van der Waals surface area (Å²) in [6, 6.07) is 82.3. The van der Waals surface area contributed by atoms with Crippen LogP contribution in [-0.2, 0) is 19.1 Å². The van der Waals surface area contributed by atoms with E-state index in [-0.39, 0.29) is 5.91 Å². The van der Waals surface area contributed by atoms with Crippen molar-refractivity contribution in [3.8, 4) is 0 Å². The Labute approximate surface area is 460 Å². The van der Waals surface area contributed by atoms with E-state index in [1.165, 1.54) is 69.0 Å². The second-order valence-electron chi connectivity index (χ2n) is 20.4. The third kappa shape index (κ3) is 12.1. The highest BCUT2D eigenvalue weighted by Crippen LogP contribution is 2.51. The third-order valence-electron chi connectivity index (χ3n) is 16.0. The monoisotopic (exact) mass is 1040 g/mol. The van der Waals surface area contributed by atoms with Crippen LogP contribution in [0, 0.1) is 5.92 Å². The van der Waals surface area contributed by atoms with Crippen LogP contribution in [-0.4, -0.2) is 85.3 Å². The second kappa shape index (κ2) is 26.1. The molecule has 0 saturated carbocycles. The van der Waals surface area contributed by atoms with Gasteiger partial charge in [-0.15, -0.1) is 23.5 Å². The quantitative estimate of drug-likeness (QED) is 0.0266. The Hall–Kier alpha value is -6.42. The largest absolute Gasteiger partial charge is 0.399 e. The van der Waals surface area contributed by atoms with Crippen molar-refractivity contribution in [1.82, 2.24) is 15.1 Å². The number of hydrogen-bond acceptors (Lipinski definition) is 7. The number of benzene rings is 8. The Morgan fingerprint density at radius 3 is 1.62 bits per heavy atom. The number of piperidine rings is 1. The molecule has 4 unspecified atom stereocenters. The number of thioether (sulfide) groups is 2. The Kier molecular flexibility index (Phi) is 18.2. The predicted octanol–water partition coefficient (Wildman–Crippen LogP) is 14.4. The van der Waals surface area contributed by atoms with Crippen LogP contribution in [0.1, 0.15) is 83.4 Å². The first-order valence-electron chi connectivity index (χ1n) is 27.5. The van der Waals surface area contributed by atoms with Gasteiger partial charge in [0.05, 0.1) is 16.0 Å². The van der Waals surface area contributed by atoms with Crippen molar-refractivity contribution >= 4 is 46.4 Å². The molecule has 2 aliphatic rings. The summed E-state index contributed by atoms with van der Waals surface area (Å²) in [5.41, 5.74) is 8.90. The molecule has 1 N–H and O–H groups in total. The summed E-state index contributed by atoms with van der Waals surface area (Å²) >= 11 is 3.87. The van der Waals surface area contributed by atoms with Crippen LogP contribution >= 0.6 is 23.5 Å². The van der Waals surface area contributed by atoms with Crippen molar-refractivity contribution in [1.29, 1.82) is 0 Å². The highest BCUT2D eigenvalue weighted by molar-refractivity contribution is 8.00. The Balaban J connectivity index is 0.874. The number of carbonyl (C=O) groups excluding carboxylic acids is 1. The van der Waals surface area contributed by atoms with Crippen LogP contribution in [0.3, 0.4) is 0 Å². The summed E-state index contributed by atoms with van der Waals surface area (Å²) in [5.74, 6) is 2.67. The van der Waals surface area contributed by atoms with Gasteiger partial charge >= 0.3 is 0 Å². The van der Waals surface area contributed by atoms with E-state index < -0.39 is 9.49 Å². The van der Waals surface area contributed by atoms with Crippen molar-refractivity contribution in [3.05, 3.63) is 263 Å². The minimum Gasteiger partial charge on any atom is -0.399 e. The lowest BCUT2D eigenvalue weighted by molar-refractivity contribution is -0.122. The minimum atomic E-state index is -0.444. The molecule has 4 atom stereocenters. The van der Waals surface area contributed by atoms with E-state index in [0.717, 1.165) is 50.4 Å². The van der Waals surface area contributed by atoms with Crippen LogP contribution < -0.4 is 5.32 Å². The van der Waals surface area contributed by atoms with Gasteiger partial charge in [-0.05, 0) is 113 Å². The second-order valence-corrected chi connectivity index (χ2v) is 23.1. The van der Waals surface area contributed by atoms with Crippen LogP contribution in [0.2, 0.25) is 0 Å². The van der Waals surface area contributed by atoms with E-state index in [9.17, 15) is 4.79 Å². The molecule has 2 aliphatic heterocycles. The number of carbonyl (C=O) groups is 1.